The van der Waals surface area contributed by atoms with E-state index in [1.807, 2.05) is 24.3 Å². The van der Waals surface area contributed by atoms with E-state index in [4.69, 9.17) is 18.9 Å². The fraction of sp³-hybridized carbons (Fsp3) is 0.406. The number of hydrogen-bond donors (Lipinski definition) is 2. The first-order valence-electron chi connectivity index (χ1n) is 14.6. The van der Waals surface area contributed by atoms with Gasteiger partial charge >= 0.3 is 0 Å². The molecule has 8 nitrogen and oxygen atoms in total. The van der Waals surface area contributed by atoms with Gasteiger partial charge in [-0.3, -0.25) is 4.79 Å². The SMILES string of the molecule is O=C(Nc1ccc([C@H]2O[C@@H](CN3CCC4(CC3)OCCO4)C[C@@H](c3ccc(CO)cc3)O2)cc1)c1c(F)c(F)c(F)c(F)c1F. The zero-order valence-corrected chi connectivity index (χ0v) is 24.0. The van der Waals surface area contributed by atoms with E-state index in [0.717, 1.165) is 37.1 Å². The van der Waals surface area contributed by atoms with E-state index in [2.05, 4.69) is 10.2 Å². The summed E-state index contributed by atoms with van der Waals surface area (Å²) in [4.78, 5) is 14.8. The lowest BCUT2D eigenvalue weighted by Gasteiger charge is -2.41. The summed E-state index contributed by atoms with van der Waals surface area (Å²) in [5, 5.41) is 11.6. The average Bonchev–Trinajstić information content (AvgIpc) is 3.52. The van der Waals surface area contributed by atoms with Gasteiger partial charge in [-0.05, 0) is 23.3 Å². The van der Waals surface area contributed by atoms with Crippen LogP contribution < -0.4 is 5.32 Å². The number of nitrogens with zero attached hydrogens (tertiary/aromatic N) is 1. The number of carbonyl (C=O) groups excluding carboxylic acids is 1. The second-order valence-electron chi connectivity index (χ2n) is 11.3. The summed E-state index contributed by atoms with van der Waals surface area (Å²) in [5.41, 5.74) is 0.719. The predicted molar refractivity (Wildman–Crippen MR) is 149 cm³/mol. The van der Waals surface area contributed by atoms with E-state index >= 15 is 0 Å². The number of anilines is 1. The molecule has 3 fully saturated rings. The van der Waals surface area contributed by atoms with E-state index < -0.39 is 52.6 Å². The highest BCUT2D eigenvalue weighted by Gasteiger charge is 2.41. The van der Waals surface area contributed by atoms with Crippen molar-refractivity contribution in [2.45, 2.75) is 50.2 Å². The van der Waals surface area contributed by atoms with Gasteiger partial charge in [0, 0.05) is 50.1 Å². The summed E-state index contributed by atoms with van der Waals surface area (Å²) < 4.78 is 93.3. The van der Waals surface area contributed by atoms with Crippen LogP contribution >= 0.6 is 0 Å². The Morgan fingerprint density at radius 1 is 0.822 bits per heavy atom. The lowest BCUT2D eigenvalue weighted by Crippen LogP contribution is -2.48. The Kier molecular flexibility index (Phi) is 9.18. The van der Waals surface area contributed by atoms with E-state index in [9.17, 15) is 31.9 Å². The fourth-order valence-corrected chi connectivity index (χ4v) is 5.90. The number of amides is 1. The van der Waals surface area contributed by atoms with E-state index in [-0.39, 0.29) is 24.5 Å². The van der Waals surface area contributed by atoms with Crippen molar-refractivity contribution in [1.82, 2.24) is 4.90 Å². The van der Waals surface area contributed by atoms with Gasteiger partial charge in [0.1, 0.15) is 5.56 Å². The molecule has 45 heavy (non-hydrogen) atoms. The summed E-state index contributed by atoms with van der Waals surface area (Å²) in [5.74, 6) is -13.2. The van der Waals surface area contributed by atoms with Gasteiger partial charge in [-0.25, -0.2) is 22.0 Å². The van der Waals surface area contributed by atoms with Crippen LogP contribution in [-0.2, 0) is 25.6 Å². The number of hydrogen-bond acceptors (Lipinski definition) is 7. The van der Waals surface area contributed by atoms with Gasteiger partial charge < -0.3 is 34.3 Å². The molecule has 1 spiro atoms. The first-order chi connectivity index (χ1) is 21.7. The van der Waals surface area contributed by atoms with E-state index in [1.165, 1.54) is 12.1 Å². The monoisotopic (exact) mass is 634 g/mol. The third-order valence-electron chi connectivity index (χ3n) is 8.39. The molecule has 3 saturated heterocycles. The average molecular weight is 635 g/mol. The molecule has 6 rings (SSSR count). The summed E-state index contributed by atoms with van der Waals surface area (Å²) in [6, 6.07) is 13.4. The largest absolute Gasteiger partial charge is 0.392 e. The van der Waals surface area contributed by atoms with Gasteiger partial charge in [0.05, 0.1) is 32.0 Å². The number of nitrogens with one attached hydrogen (secondary N) is 1. The number of benzene rings is 3. The van der Waals surface area contributed by atoms with Gasteiger partial charge in [0.25, 0.3) is 5.91 Å². The minimum Gasteiger partial charge on any atom is -0.392 e. The Labute approximate surface area is 255 Å². The maximum absolute atomic E-state index is 14.1. The predicted octanol–water partition coefficient (Wildman–Crippen LogP) is 5.51. The van der Waals surface area contributed by atoms with E-state index in [1.54, 1.807) is 12.1 Å². The Bertz CT molecular complexity index is 1500. The fourth-order valence-electron chi connectivity index (χ4n) is 5.90. The number of aliphatic hydroxyl groups is 1. The number of aliphatic hydroxyl groups excluding tert-OH is 1. The highest BCUT2D eigenvalue weighted by atomic mass is 19.2. The smallest absolute Gasteiger partial charge is 0.261 e. The summed E-state index contributed by atoms with van der Waals surface area (Å²) >= 11 is 0. The lowest BCUT2D eigenvalue weighted by atomic mass is 9.98. The van der Waals surface area contributed by atoms with Crippen LogP contribution in [0.15, 0.2) is 48.5 Å². The Morgan fingerprint density at radius 2 is 1.40 bits per heavy atom. The molecule has 240 valence electrons. The van der Waals surface area contributed by atoms with Crippen molar-refractivity contribution in [1.29, 1.82) is 0 Å². The van der Waals surface area contributed by atoms with Crippen LogP contribution in [-0.4, -0.2) is 60.7 Å². The third kappa shape index (κ3) is 6.60. The minimum atomic E-state index is -2.35. The van der Waals surface area contributed by atoms with Gasteiger partial charge in [0.2, 0.25) is 5.82 Å². The lowest BCUT2D eigenvalue weighted by molar-refractivity contribution is -0.255. The van der Waals surface area contributed by atoms with Crippen molar-refractivity contribution in [3.8, 4) is 0 Å². The number of piperidine rings is 1. The van der Waals surface area contributed by atoms with Crippen LogP contribution in [0, 0.1) is 29.1 Å². The molecule has 3 aromatic carbocycles. The van der Waals surface area contributed by atoms with Crippen LogP contribution in [0.2, 0.25) is 0 Å². The molecular weight excluding hydrogens is 603 g/mol. The van der Waals surface area contributed by atoms with Crippen LogP contribution in [0.25, 0.3) is 0 Å². The maximum atomic E-state index is 14.1. The third-order valence-corrected chi connectivity index (χ3v) is 8.39. The topological polar surface area (TPSA) is 89.5 Å². The number of ether oxygens (including phenoxy) is 4. The van der Waals surface area contributed by atoms with Crippen LogP contribution in [0.5, 0.6) is 0 Å². The second kappa shape index (κ2) is 13.1. The molecule has 3 atom stereocenters. The molecule has 0 radical (unpaired) electrons. The van der Waals surface area contributed by atoms with Crippen LogP contribution in [0.4, 0.5) is 27.6 Å². The zero-order valence-electron chi connectivity index (χ0n) is 24.0. The van der Waals surface area contributed by atoms with Crippen molar-refractivity contribution in [2.24, 2.45) is 0 Å². The van der Waals surface area contributed by atoms with Crippen molar-refractivity contribution in [2.75, 3.05) is 38.2 Å². The Morgan fingerprint density at radius 3 is 2.00 bits per heavy atom. The molecule has 3 heterocycles. The first-order valence-corrected chi connectivity index (χ1v) is 14.6. The molecule has 3 aliphatic rings. The normalized spacial score (nSPS) is 23.4. The molecular formula is C32H31F5N2O6. The highest BCUT2D eigenvalue weighted by molar-refractivity contribution is 6.04. The van der Waals surface area contributed by atoms with Gasteiger partial charge in [-0.1, -0.05) is 36.4 Å². The van der Waals surface area contributed by atoms with Crippen LogP contribution in [0.3, 0.4) is 0 Å². The number of carbonyl (C=O) groups is 1. The molecule has 0 unspecified atom stereocenters. The molecule has 0 aliphatic carbocycles. The first kappa shape index (κ1) is 31.5. The Hall–Kier alpha value is -3.46. The molecule has 3 aromatic rings. The second-order valence-corrected chi connectivity index (χ2v) is 11.3. The number of rotatable bonds is 7. The number of halogens is 5. The van der Waals surface area contributed by atoms with Gasteiger partial charge in [0.15, 0.2) is 35.3 Å². The van der Waals surface area contributed by atoms with Crippen molar-refractivity contribution >= 4 is 11.6 Å². The quantitative estimate of drug-likeness (QED) is 0.201. The zero-order chi connectivity index (χ0) is 31.7. The molecule has 0 aromatic heterocycles. The summed E-state index contributed by atoms with van der Waals surface area (Å²) in [7, 11) is 0. The number of likely N-dealkylation sites (tertiary alicyclic amines) is 1. The Balaban J connectivity index is 1.17. The van der Waals surface area contributed by atoms with Gasteiger partial charge in [-0.2, -0.15) is 0 Å². The molecule has 0 saturated carbocycles. The van der Waals surface area contributed by atoms with Crippen molar-refractivity contribution in [3.63, 3.8) is 0 Å². The van der Waals surface area contributed by atoms with Gasteiger partial charge in [-0.15, -0.1) is 0 Å². The standard InChI is InChI=1S/C32H31F5N2O6/c33-25-24(26(34)28(36)29(37)27(25)35)30(41)38-21-7-5-20(6-8-21)31-44-22(15-23(45-31)19-3-1-18(17-40)2-4-19)16-39-11-9-32(10-12-39)42-13-14-43-32/h1-8,22-23,31,40H,9-17H2,(H,38,41)/t22-,23+,31+/m1/s1. The molecule has 0 bridgehead atoms. The summed E-state index contributed by atoms with van der Waals surface area (Å²) in [6.07, 6.45) is 0.698. The highest BCUT2D eigenvalue weighted by Crippen LogP contribution is 2.39. The summed E-state index contributed by atoms with van der Waals surface area (Å²) in [6.45, 7) is 3.30. The van der Waals surface area contributed by atoms with Crippen LogP contribution in [0.1, 0.15) is 58.7 Å². The van der Waals surface area contributed by atoms with E-state index in [0.29, 0.717) is 31.7 Å². The molecule has 1 amide bonds. The minimum absolute atomic E-state index is 0.0507. The van der Waals surface area contributed by atoms with Crippen molar-refractivity contribution in [3.05, 3.63) is 99.9 Å². The molecule has 3 aliphatic heterocycles. The molecule has 2 N–H and O–H groups in total. The van der Waals surface area contributed by atoms with Crippen molar-refractivity contribution < 1.29 is 50.8 Å². The molecule has 13 heteroatoms. The maximum Gasteiger partial charge on any atom is 0.261 e.